The smallest absolute Gasteiger partial charge is 0.0266 e. The number of hydrogen-bond acceptors (Lipinski definition) is 0. The fourth-order valence-electron chi connectivity index (χ4n) is 7.28. The van der Waals surface area contributed by atoms with Crippen molar-refractivity contribution in [2.24, 2.45) is 46.8 Å². The Morgan fingerprint density at radius 2 is 1.30 bits per heavy atom. The molecule has 4 bridgehead atoms. The Bertz CT molecular complexity index is 350. The van der Waals surface area contributed by atoms with Crippen molar-refractivity contribution in [3.8, 4) is 0 Å². The summed E-state index contributed by atoms with van der Waals surface area (Å²) in [5.74, 6) is 7.43. The molecule has 0 spiro atoms. The summed E-state index contributed by atoms with van der Waals surface area (Å²) in [4.78, 5) is 0. The standard InChI is InChI=1S/C20H34/c1-13-15-4-6-17(7-5-15)19(13)12-20(3)14(2)16-8-10-18(20)11-9-16/h13-19H,4-12H2,1-3H3. The molecule has 6 aliphatic rings. The van der Waals surface area contributed by atoms with Crippen LogP contribution in [0.2, 0.25) is 0 Å². The van der Waals surface area contributed by atoms with E-state index in [0.717, 1.165) is 41.4 Å². The average molecular weight is 274 g/mol. The lowest BCUT2D eigenvalue weighted by atomic mass is 9.46. The average Bonchev–Trinajstić information content (AvgIpc) is 2.49. The summed E-state index contributed by atoms with van der Waals surface area (Å²) in [6.45, 7) is 7.92. The second kappa shape index (κ2) is 4.75. The van der Waals surface area contributed by atoms with Crippen molar-refractivity contribution in [1.29, 1.82) is 0 Å². The van der Waals surface area contributed by atoms with Crippen LogP contribution in [0.3, 0.4) is 0 Å². The van der Waals surface area contributed by atoms with Crippen LogP contribution in [0.1, 0.15) is 78.6 Å². The quantitative estimate of drug-likeness (QED) is 0.587. The van der Waals surface area contributed by atoms with Gasteiger partial charge in [0.25, 0.3) is 0 Å². The Morgan fingerprint density at radius 1 is 0.750 bits per heavy atom. The van der Waals surface area contributed by atoms with Gasteiger partial charge in [0, 0.05) is 0 Å². The third-order valence-corrected chi connectivity index (χ3v) is 8.97. The van der Waals surface area contributed by atoms with E-state index < -0.39 is 0 Å². The molecule has 20 heavy (non-hydrogen) atoms. The van der Waals surface area contributed by atoms with E-state index in [9.17, 15) is 0 Å². The minimum absolute atomic E-state index is 0.692. The third-order valence-electron chi connectivity index (χ3n) is 8.97. The molecular weight excluding hydrogens is 240 g/mol. The summed E-state index contributed by atoms with van der Waals surface area (Å²) in [6.07, 6.45) is 14.0. The van der Waals surface area contributed by atoms with E-state index in [2.05, 4.69) is 20.8 Å². The van der Waals surface area contributed by atoms with E-state index in [1.807, 2.05) is 0 Å². The molecule has 0 saturated heterocycles. The molecule has 6 rings (SSSR count). The highest BCUT2D eigenvalue weighted by Crippen LogP contribution is 2.61. The van der Waals surface area contributed by atoms with Gasteiger partial charge >= 0.3 is 0 Å². The van der Waals surface area contributed by atoms with Crippen molar-refractivity contribution < 1.29 is 0 Å². The molecule has 0 aromatic rings. The van der Waals surface area contributed by atoms with E-state index in [1.54, 1.807) is 57.8 Å². The van der Waals surface area contributed by atoms with Gasteiger partial charge in [0.2, 0.25) is 0 Å². The van der Waals surface area contributed by atoms with Gasteiger partial charge in [-0.3, -0.25) is 0 Å². The first kappa shape index (κ1) is 13.6. The second-order valence-corrected chi connectivity index (χ2v) is 9.31. The van der Waals surface area contributed by atoms with Crippen LogP contribution in [0.4, 0.5) is 0 Å². The van der Waals surface area contributed by atoms with Crippen LogP contribution in [-0.2, 0) is 0 Å². The lowest BCUT2D eigenvalue weighted by Crippen LogP contribution is -2.50. The van der Waals surface area contributed by atoms with Crippen LogP contribution in [0.25, 0.3) is 0 Å². The Kier molecular flexibility index (Phi) is 3.24. The monoisotopic (exact) mass is 274 g/mol. The minimum atomic E-state index is 0.692. The highest BCUT2D eigenvalue weighted by Gasteiger charge is 2.52. The predicted octanol–water partition coefficient (Wildman–Crippen LogP) is 5.91. The molecular formula is C20H34. The maximum atomic E-state index is 2.70. The molecule has 0 amide bonds. The third kappa shape index (κ3) is 1.85. The SMILES string of the molecule is CC1C2CCC(CC2)C1CC1(C)C2CCC(CC2)C1C. The molecule has 0 heteroatoms. The van der Waals surface area contributed by atoms with Crippen molar-refractivity contribution in [3.05, 3.63) is 0 Å². The van der Waals surface area contributed by atoms with Crippen molar-refractivity contribution in [2.45, 2.75) is 78.6 Å². The largest absolute Gasteiger partial charge is 0.0620 e. The zero-order valence-corrected chi connectivity index (χ0v) is 13.9. The van der Waals surface area contributed by atoms with Crippen LogP contribution < -0.4 is 0 Å². The Morgan fingerprint density at radius 3 is 1.85 bits per heavy atom. The van der Waals surface area contributed by atoms with E-state index in [0.29, 0.717) is 5.41 Å². The molecule has 0 aromatic carbocycles. The van der Waals surface area contributed by atoms with E-state index >= 15 is 0 Å². The van der Waals surface area contributed by atoms with Gasteiger partial charge in [0.1, 0.15) is 0 Å². The van der Waals surface area contributed by atoms with Crippen molar-refractivity contribution in [3.63, 3.8) is 0 Å². The molecule has 6 saturated carbocycles. The van der Waals surface area contributed by atoms with Crippen LogP contribution in [-0.4, -0.2) is 0 Å². The number of rotatable bonds is 2. The normalized spacial score (nSPS) is 58.0. The summed E-state index contributed by atoms with van der Waals surface area (Å²) in [7, 11) is 0. The van der Waals surface area contributed by atoms with Crippen LogP contribution in [0, 0.1) is 46.8 Å². The van der Waals surface area contributed by atoms with Gasteiger partial charge in [0.15, 0.2) is 0 Å². The summed E-state index contributed by atoms with van der Waals surface area (Å²) in [6, 6.07) is 0. The van der Waals surface area contributed by atoms with Crippen molar-refractivity contribution >= 4 is 0 Å². The van der Waals surface area contributed by atoms with Gasteiger partial charge in [-0.25, -0.2) is 0 Å². The zero-order chi connectivity index (χ0) is 13.9. The molecule has 0 radical (unpaired) electrons. The molecule has 0 nitrogen and oxygen atoms in total. The molecule has 6 fully saturated rings. The van der Waals surface area contributed by atoms with Crippen LogP contribution >= 0.6 is 0 Å². The van der Waals surface area contributed by atoms with Gasteiger partial charge in [-0.2, -0.15) is 0 Å². The minimum Gasteiger partial charge on any atom is -0.0620 e. The Balaban J connectivity index is 1.55. The van der Waals surface area contributed by atoms with Gasteiger partial charge in [-0.15, -0.1) is 0 Å². The highest BCUT2D eigenvalue weighted by atomic mass is 14.6. The van der Waals surface area contributed by atoms with E-state index in [4.69, 9.17) is 0 Å². The second-order valence-electron chi connectivity index (χ2n) is 9.31. The summed E-state index contributed by atoms with van der Waals surface area (Å²) in [5, 5.41) is 0. The Labute approximate surface area is 126 Å². The van der Waals surface area contributed by atoms with Gasteiger partial charge in [-0.05, 0) is 105 Å². The molecule has 4 atom stereocenters. The number of hydrogen-bond donors (Lipinski definition) is 0. The lowest BCUT2D eigenvalue weighted by Gasteiger charge is -2.59. The van der Waals surface area contributed by atoms with Gasteiger partial charge < -0.3 is 0 Å². The van der Waals surface area contributed by atoms with E-state index in [1.165, 1.54) is 0 Å². The summed E-state index contributed by atoms with van der Waals surface area (Å²) < 4.78 is 0. The lowest BCUT2D eigenvalue weighted by molar-refractivity contribution is -0.0907. The van der Waals surface area contributed by atoms with Crippen molar-refractivity contribution in [1.82, 2.24) is 0 Å². The first-order chi connectivity index (χ1) is 9.59. The zero-order valence-electron chi connectivity index (χ0n) is 13.9. The molecule has 0 aliphatic heterocycles. The first-order valence-corrected chi connectivity index (χ1v) is 9.59. The maximum Gasteiger partial charge on any atom is -0.0266 e. The van der Waals surface area contributed by atoms with Crippen molar-refractivity contribution in [2.75, 3.05) is 0 Å². The Hall–Kier alpha value is 0. The van der Waals surface area contributed by atoms with E-state index in [-0.39, 0.29) is 0 Å². The summed E-state index contributed by atoms with van der Waals surface area (Å²) in [5.41, 5.74) is 0.692. The molecule has 114 valence electrons. The molecule has 0 N–H and O–H groups in total. The summed E-state index contributed by atoms with van der Waals surface area (Å²) >= 11 is 0. The maximum absolute atomic E-state index is 2.70. The predicted molar refractivity (Wildman–Crippen MR) is 85.4 cm³/mol. The van der Waals surface area contributed by atoms with Crippen LogP contribution in [0.5, 0.6) is 0 Å². The molecule has 4 unspecified atom stereocenters. The van der Waals surface area contributed by atoms with Gasteiger partial charge in [-0.1, -0.05) is 20.8 Å². The highest BCUT2D eigenvalue weighted by molar-refractivity contribution is 5.02. The van der Waals surface area contributed by atoms with Crippen LogP contribution in [0.15, 0.2) is 0 Å². The fourth-order valence-corrected chi connectivity index (χ4v) is 7.28. The van der Waals surface area contributed by atoms with Gasteiger partial charge in [0.05, 0.1) is 0 Å². The molecule has 0 aromatic heterocycles. The first-order valence-electron chi connectivity index (χ1n) is 9.59. The molecule has 6 aliphatic carbocycles. The topological polar surface area (TPSA) is 0 Å². The fraction of sp³-hybridized carbons (Fsp3) is 1.00. The number of fused-ring (bicyclic) bond motifs is 6. The molecule has 0 heterocycles.